The molecule has 1 aromatic carbocycles. The zero-order chi connectivity index (χ0) is 12.1. The topological polar surface area (TPSA) is 38.3 Å². The molecule has 0 aliphatic heterocycles. The third-order valence-electron chi connectivity index (χ3n) is 3.27. The first-order valence-electron chi connectivity index (χ1n) is 6.23. The highest BCUT2D eigenvalue weighted by molar-refractivity contribution is 5.84. The molecule has 1 aliphatic rings. The van der Waals surface area contributed by atoms with E-state index in [4.69, 9.17) is 4.74 Å². The number of anilines is 1. The van der Waals surface area contributed by atoms with Gasteiger partial charge in [0.05, 0.1) is 0 Å². The normalized spacial score (nSPS) is 18.4. The van der Waals surface area contributed by atoms with Crippen molar-refractivity contribution in [3.63, 3.8) is 0 Å². The molecule has 92 valence electrons. The first-order valence-corrected chi connectivity index (χ1v) is 6.23. The first-order chi connectivity index (χ1) is 8.18. The highest BCUT2D eigenvalue weighted by atomic mass is 16.6. The van der Waals surface area contributed by atoms with Gasteiger partial charge >= 0.3 is 6.09 Å². The van der Waals surface area contributed by atoms with Gasteiger partial charge in [0.2, 0.25) is 0 Å². The summed E-state index contributed by atoms with van der Waals surface area (Å²) in [6.45, 7) is 2.02. The van der Waals surface area contributed by atoms with Crippen molar-refractivity contribution in [1.29, 1.82) is 0 Å². The SMILES string of the molecule is CC1(OC(=O)Nc2ccccc2)CCCCC1. The summed E-state index contributed by atoms with van der Waals surface area (Å²) in [7, 11) is 0. The fourth-order valence-corrected chi connectivity index (χ4v) is 2.29. The molecule has 3 nitrogen and oxygen atoms in total. The standard InChI is InChI=1S/C14H19NO2/c1-14(10-6-3-7-11-14)17-13(16)15-12-8-4-2-5-9-12/h2,4-5,8-9H,3,6-7,10-11H2,1H3,(H,15,16). The Hall–Kier alpha value is -1.51. The maximum atomic E-state index is 11.8. The summed E-state index contributed by atoms with van der Waals surface area (Å²) in [5.74, 6) is 0. The minimum atomic E-state index is -0.347. The van der Waals surface area contributed by atoms with Crippen molar-refractivity contribution in [2.75, 3.05) is 5.32 Å². The minimum absolute atomic E-state index is 0.281. The number of ether oxygens (including phenoxy) is 1. The van der Waals surface area contributed by atoms with Gasteiger partial charge in [-0.25, -0.2) is 4.79 Å². The van der Waals surface area contributed by atoms with E-state index < -0.39 is 0 Å². The van der Waals surface area contributed by atoms with Gasteiger partial charge in [-0.15, -0.1) is 0 Å². The Morgan fingerprint density at radius 2 is 1.82 bits per heavy atom. The number of para-hydroxylation sites is 1. The van der Waals surface area contributed by atoms with Gasteiger partial charge in [0.15, 0.2) is 0 Å². The van der Waals surface area contributed by atoms with Gasteiger partial charge in [-0.2, -0.15) is 0 Å². The monoisotopic (exact) mass is 233 g/mol. The lowest BCUT2D eigenvalue weighted by atomic mass is 9.86. The van der Waals surface area contributed by atoms with E-state index in [1.165, 1.54) is 6.42 Å². The second-order valence-corrected chi connectivity index (χ2v) is 4.89. The average molecular weight is 233 g/mol. The molecule has 1 aromatic rings. The molecule has 1 aliphatic carbocycles. The number of carbonyl (C=O) groups is 1. The molecule has 1 amide bonds. The van der Waals surface area contributed by atoms with E-state index >= 15 is 0 Å². The predicted octanol–water partition coefficient (Wildman–Crippen LogP) is 3.96. The second-order valence-electron chi connectivity index (χ2n) is 4.89. The van der Waals surface area contributed by atoms with Crippen LogP contribution < -0.4 is 5.32 Å². The van der Waals surface area contributed by atoms with E-state index in [0.717, 1.165) is 31.4 Å². The van der Waals surface area contributed by atoms with E-state index in [1.54, 1.807) is 0 Å². The van der Waals surface area contributed by atoms with Gasteiger partial charge in [-0.1, -0.05) is 24.6 Å². The predicted molar refractivity (Wildman–Crippen MR) is 68.0 cm³/mol. The van der Waals surface area contributed by atoms with E-state index in [1.807, 2.05) is 37.3 Å². The van der Waals surface area contributed by atoms with E-state index in [0.29, 0.717) is 0 Å². The molecule has 0 radical (unpaired) electrons. The molecule has 0 atom stereocenters. The number of carbonyl (C=O) groups excluding carboxylic acids is 1. The van der Waals surface area contributed by atoms with Gasteiger partial charge in [-0.3, -0.25) is 5.32 Å². The van der Waals surface area contributed by atoms with Crippen LogP contribution in [-0.2, 0) is 4.74 Å². The van der Waals surface area contributed by atoms with Crippen molar-refractivity contribution < 1.29 is 9.53 Å². The van der Waals surface area contributed by atoms with Crippen molar-refractivity contribution >= 4 is 11.8 Å². The molecular formula is C14H19NO2. The minimum Gasteiger partial charge on any atom is -0.443 e. The number of benzene rings is 1. The molecule has 1 saturated carbocycles. The molecule has 0 saturated heterocycles. The van der Waals surface area contributed by atoms with Crippen LogP contribution in [-0.4, -0.2) is 11.7 Å². The Morgan fingerprint density at radius 3 is 2.47 bits per heavy atom. The second kappa shape index (κ2) is 5.21. The van der Waals surface area contributed by atoms with E-state index in [2.05, 4.69) is 5.32 Å². The lowest BCUT2D eigenvalue weighted by Gasteiger charge is -2.33. The summed E-state index contributed by atoms with van der Waals surface area (Å²) in [5.41, 5.74) is 0.494. The molecule has 3 heteroatoms. The van der Waals surface area contributed by atoms with Crippen LogP contribution in [0.25, 0.3) is 0 Å². The molecule has 2 rings (SSSR count). The fraction of sp³-hybridized carbons (Fsp3) is 0.500. The van der Waals surface area contributed by atoms with Crippen molar-refractivity contribution in [1.82, 2.24) is 0 Å². The Kier molecular flexibility index (Phi) is 3.67. The number of hydrogen-bond donors (Lipinski definition) is 1. The van der Waals surface area contributed by atoms with Gasteiger partial charge in [0, 0.05) is 5.69 Å². The molecule has 0 aromatic heterocycles. The zero-order valence-corrected chi connectivity index (χ0v) is 10.2. The zero-order valence-electron chi connectivity index (χ0n) is 10.2. The van der Waals surface area contributed by atoms with Crippen molar-refractivity contribution in [2.45, 2.75) is 44.6 Å². The summed E-state index contributed by atoms with van der Waals surface area (Å²) < 4.78 is 5.53. The van der Waals surface area contributed by atoms with Crippen LogP contribution in [0.5, 0.6) is 0 Å². The van der Waals surface area contributed by atoms with Crippen LogP contribution in [0.1, 0.15) is 39.0 Å². The van der Waals surface area contributed by atoms with Crippen LogP contribution >= 0.6 is 0 Å². The smallest absolute Gasteiger partial charge is 0.412 e. The van der Waals surface area contributed by atoms with Crippen LogP contribution in [0.15, 0.2) is 30.3 Å². The average Bonchev–Trinajstić information content (AvgIpc) is 2.30. The highest BCUT2D eigenvalue weighted by Gasteiger charge is 2.30. The molecule has 0 unspecified atom stereocenters. The first kappa shape index (κ1) is 12.0. The van der Waals surface area contributed by atoms with Crippen LogP contribution in [0, 0.1) is 0 Å². The maximum absolute atomic E-state index is 11.8. The van der Waals surface area contributed by atoms with Gasteiger partial charge < -0.3 is 4.74 Å². The third kappa shape index (κ3) is 3.48. The fourth-order valence-electron chi connectivity index (χ4n) is 2.29. The number of amides is 1. The van der Waals surface area contributed by atoms with Gasteiger partial charge in [0.1, 0.15) is 5.60 Å². The third-order valence-corrected chi connectivity index (χ3v) is 3.27. The maximum Gasteiger partial charge on any atom is 0.412 e. The molecule has 0 bridgehead atoms. The van der Waals surface area contributed by atoms with Crippen molar-refractivity contribution in [3.05, 3.63) is 30.3 Å². The van der Waals surface area contributed by atoms with Crippen LogP contribution in [0.2, 0.25) is 0 Å². The highest BCUT2D eigenvalue weighted by Crippen LogP contribution is 2.31. The van der Waals surface area contributed by atoms with Crippen molar-refractivity contribution in [2.24, 2.45) is 0 Å². The van der Waals surface area contributed by atoms with E-state index in [9.17, 15) is 4.79 Å². The lowest BCUT2D eigenvalue weighted by molar-refractivity contribution is 0.00564. The number of nitrogens with one attached hydrogen (secondary N) is 1. The molecule has 0 spiro atoms. The van der Waals surface area contributed by atoms with Crippen LogP contribution in [0.3, 0.4) is 0 Å². The molecule has 1 N–H and O–H groups in total. The largest absolute Gasteiger partial charge is 0.443 e. The Morgan fingerprint density at radius 1 is 1.18 bits per heavy atom. The quantitative estimate of drug-likeness (QED) is 0.839. The molecule has 0 heterocycles. The molecule has 1 fully saturated rings. The number of hydrogen-bond acceptors (Lipinski definition) is 2. The summed E-state index contributed by atoms with van der Waals surface area (Å²) >= 11 is 0. The Bertz CT molecular complexity index is 369. The van der Waals surface area contributed by atoms with Crippen molar-refractivity contribution in [3.8, 4) is 0 Å². The van der Waals surface area contributed by atoms with Gasteiger partial charge in [-0.05, 0) is 44.7 Å². The summed E-state index contributed by atoms with van der Waals surface area (Å²) in [6.07, 6.45) is 5.13. The van der Waals surface area contributed by atoms with Crippen LogP contribution in [0.4, 0.5) is 10.5 Å². The summed E-state index contributed by atoms with van der Waals surface area (Å²) in [4.78, 5) is 11.8. The molecule has 17 heavy (non-hydrogen) atoms. The molecular weight excluding hydrogens is 214 g/mol. The van der Waals surface area contributed by atoms with E-state index in [-0.39, 0.29) is 11.7 Å². The summed E-state index contributed by atoms with van der Waals surface area (Å²) in [5, 5.41) is 2.75. The summed E-state index contributed by atoms with van der Waals surface area (Å²) in [6, 6.07) is 9.39. The Balaban J connectivity index is 1.88. The number of rotatable bonds is 2. The lowest BCUT2D eigenvalue weighted by Crippen LogP contribution is -2.35. The van der Waals surface area contributed by atoms with Gasteiger partial charge in [0.25, 0.3) is 0 Å². The Labute approximate surface area is 102 Å².